The second-order valence-electron chi connectivity index (χ2n) is 6.30. The number of ether oxygens (including phenoxy) is 3. The van der Waals surface area contributed by atoms with Gasteiger partial charge in [0.25, 0.3) is 5.56 Å². The lowest BCUT2D eigenvalue weighted by atomic mass is 10.2. The molecule has 2 aromatic heterocycles. The van der Waals surface area contributed by atoms with Crippen LogP contribution in [0.15, 0.2) is 35.4 Å². The standard InChI is InChI=1S/C20H22N2O6S/c1-4-27-20(25)17-12(2)16-18(29-17)21-11-22(19(16)24)9-13(23)10-28-15-7-5-14(26-3)6-8-15/h5-8,11,13,23H,4,9-10H2,1-3H3. The summed E-state index contributed by atoms with van der Waals surface area (Å²) in [6, 6.07) is 6.98. The van der Waals surface area contributed by atoms with E-state index in [0.29, 0.717) is 32.2 Å². The van der Waals surface area contributed by atoms with E-state index in [9.17, 15) is 14.7 Å². The molecule has 1 atom stereocenters. The lowest BCUT2D eigenvalue weighted by Gasteiger charge is -2.14. The average molecular weight is 418 g/mol. The first-order valence-corrected chi connectivity index (χ1v) is 9.86. The molecule has 1 aromatic carbocycles. The normalized spacial score (nSPS) is 12.0. The van der Waals surface area contributed by atoms with Crippen molar-refractivity contribution in [2.45, 2.75) is 26.5 Å². The third-order valence-corrected chi connectivity index (χ3v) is 5.47. The Morgan fingerprint density at radius 3 is 2.62 bits per heavy atom. The summed E-state index contributed by atoms with van der Waals surface area (Å²) in [5, 5.41) is 10.6. The van der Waals surface area contributed by atoms with Gasteiger partial charge in [0.2, 0.25) is 0 Å². The molecule has 2 heterocycles. The van der Waals surface area contributed by atoms with Gasteiger partial charge in [-0.2, -0.15) is 0 Å². The monoisotopic (exact) mass is 418 g/mol. The number of aromatic nitrogens is 2. The first kappa shape index (κ1) is 20.8. The van der Waals surface area contributed by atoms with Gasteiger partial charge >= 0.3 is 5.97 Å². The number of aliphatic hydroxyl groups excluding tert-OH is 1. The van der Waals surface area contributed by atoms with Crippen molar-refractivity contribution < 1.29 is 24.1 Å². The Hall–Kier alpha value is -2.91. The van der Waals surface area contributed by atoms with Crippen LogP contribution in [0.25, 0.3) is 10.2 Å². The van der Waals surface area contributed by atoms with Crippen LogP contribution >= 0.6 is 11.3 Å². The van der Waals surface area contributed by atoms with Gasteiger partial charge in [-0.25, -0.2) is 9.78 Å². The molecule has 9 heteroatoms. The van der Waals surface area contributed by atoms with Crippen molar-refractivity contribution in [3.05, 3.63) is 51.4 Å². The zero-order valence-corrected chi connectivity index (χ0v) is 17.2. The van der Waals surface area contributed by atoms with Gasteiger partial charge < -0.3 is 19.3 Å². The molecule has 0 spiro atoms. The molecule has 0 saturated heterocycles. The Bertz CT molecular complexity index is 1060. The van der Waals surface area contributed by atoms with E-state index >= 15 is 0 Å². The average Bonchev–Trinajstić information content (AvgIpc) is 3.06. The third-order valence-electron chi connectivity index (χ3n) is 4.29. The fraction of sp³-hybridized carbons (Fsp3) is 0.350. The molecule has 1 unspecified atom stereocenters. The number of carbonyl (C=O) groups is 1. The van der Waals surface area contributed by atoms with E-state index in [2.05, 4.69) is 4.98 Å². The Morgan fingerprint density at radius 1 is 1.28 bits per heavy atom. The molecule has 0 aliphatic heterocycles. The van der Waals surface area contributed by atoms with Gasteiger partial charge in [0.05, 0.1) is 32.0 Å². The van der Waals surface area contributed by atoms with Crippen LogP contribution in [-0.2, 0) is 11.3 Å². The molecule has 29 heavy (non-hydrogen) atoms. The van der Waals surface area contributed by atoms with Gasteiger partial charge in [0.1, 0.15) is 33.9 Å². The number of esters is 1. The molecule has 0 aliphatic carbocycles. The van der Waals surface area contributed by atoms with Crippen molar-refractivity contribution in [1.29, 1.82) is 0 Å². The fourth-order valence-electron chi connectivity index (χ4n) is 2.82. The number of hydrogen-bond donors (Lipinski definition) is 1. The number of benzene rings is 1. The number of thiophene rings is 1. The summed E-state index contributed by atoms with van der Waals surface area (Å²) in [6.45, 7) is 3.70. The molecule has 8 nitrogen and oxygen atoms in total. The molecule has 0 fully saturated rings. The van der Waals surface area contributed by atoms with Gasteiger partial charge in [-0.1, -0.05) is 0 Å². The van der Waals surface area contributed by atoms with E-state index in [-0.39, 0.29) is 25.3 Å². The molecule has 0 bridgehead atoms. The second-order valence-corrected chi connectivity index (χ2v) is 7.30. The van der Waals surface area contributed by atoms with Gasteiger partial charge in [-0.15, -0.1) is 11.3 Å². The maximum absolute atomic E-state index is 12.8. The Morgan fingerprint density at radius 2 is 1.97 bits per heavy atom. The zero-order chi connectivity index (χ0) is 21.0. The molecule has 154 valence electrons. The van der Waals surface area contributed by atoms with Crippen molar-refractivity contribution in [2.75, 3.05) is 20.3 Å². The van der Waals surface area contributed by atoms with E-state index in [1.165, 1.54) is 10.9 Å². The topological polar surface area (TPSA) is 99.9 Å². The van der Waals surface area contributed by atoms with Crippen LogP contribution < -0.4 is 15.0 Å². The Kier molecular flexibility index (Phi) is 6.50. The maximum atomic E-state index is 12.8. The summed E-state index contributed by atoms with van der Waals surface area (Å²) in [6.07, 6.45) is 0.448. The summed E-state index contributed by atoms with van der Waals surface area (Å²) < 4.78 is 17.0. The minimum atomic E-state index is -0.919. The molecule has 3 rings (SSSR count). The lowest BCUT2D eigenvalue weighted by molar-refractivity contribution is 0.0531. The van der Waals surface area contributed by atoms with Crippen molar-refractivity contribution >= 4 is 27.5 Å². The predicted molar refractivity (Wildman–Crippen MR) is 109 cm³/mol. The molecule has 0 amide bonds. The number of fused-ring (bicyclic) bond motifs is 1. The first-order valence-electron chi connectivity index (χ1n) is 9.05. The van der Waals surface area contributed by atoms with E-state index in [1.54, 1.807) is 45.2 Å². The summed E-state index contributed by atoms with van der Waals surface area (Å²) in [4.78, 5) is 30.0. The highest BCUT2D eigenvalue weighted by Crippen LogP contribution is 2.27. The summed E-state index contributed by atoms with van der Waals surface area (Å²) in [5.41, 5.74) is 0.224. The molecule has 0 saturated carbocycles. The zero-order valence-electron chi connectivity index (χ0n) is 16.4. The second kappa shape index (κ2) is 9.06. The van der Waals surface area contributed by atoms with Crippen LogP contribution in [0, 0.1) is 6.92 Å². The van der Waals surface area contributed by atoms with Crippen LogP contribution in [0.1, 0.15) is 22.2 Å². The smallest absolute Gasteiger partial charge is 0.348 e. The van der Waals surface area contributed by atoms with Crippen molar-refractivity contribution in [3.63, 3.8) is 0 Å². The quantitative estimate of drug-likeness (QED) is 0.561. The highest BCUT2D eigenvalue weighted by atomic mass is 32.1. The predicted octanol–water partition coefficient (Wildman–Crippen LogP) is 2.39. The van der Waals surface area contributed by atoms with E-state index in [0.717, 1.165) is 11.3 Å². The molecule has 0 radical (unpaired) electrons. The van der Waals surface area contributed by atoms with E-state index in [1.807, 2.05) is 0 Å². The van der Waals surface area contributed by atoms with E-state index < -0.39 is 12.1 Å². The van der Waals surface area contributed by atoms with Crippen LogP contribution in [0.4, 0.5) is 0 Å². The van der Waals surface area contributed by atoms with Gasteiger partial charge in [-0.05, 0) is 43.7 Å². The molecule has 0 aliphatic rings. The molecule has 3 aromatic rings. The van der Waals surface area contributed by atoms with E-state index in [4.69, 9.17) is 14.2 Å². The van der Waals surface area contributed by atoms with Crippen LogP contribution in [0.5, 0.6) is 11.5 Å². The number of aryl methyl sites for hydroxylation is 1. The summed E-state index contributed by atoms with van der Waals surface area (Å²) >= 11 is 1.13. The largest absolute Gasteiger partial charge is 0.497 e. The Labute approximate surface area is 171 Å². The fourth-order valence-corrected chi connectivity index (χ4v) is 3.86. The van der Waals surface area contributed by atoms with Crippen molar-refractivity contribution in [2.24, 2.45) is 0 Å². The maximum Gasteiger partial charge on any atom is 0.348 e. The van der Waals surface area contributed by atoms with Gasteiger partial charge in [0, 0.05) is 0 Å². The molecular formula is C20H22N2O6S. The van der Waals surface area contributed by atoms with Gasteiger partial charge in [0.15, 0.2) is 0 Å². The first-order chi connectivity index (χ1) is 13.9. The highest BCUT2D eigenvalue weighted by molar-refractivity contribution is 7.20. The van der Waals surface area contributed by atoms with Crippen LogP contribution in [0.2, 0.25) is 0 Å². The van der Waals surface area contributed by atoms with Crippen molar-refractivity contribution in [3.8, 4) is 11.5 Å². The summed E-state index contributed by atoms with van der Waals surface area (Å²) in [5.74, 6) is 0.822. The minimum absolute atomic E-state index is 0.00744. The number of hydrogen-bond acceptors (Lipinski definition) is 8. The molecular weight excluding hydrogens is 396 g/mol. The van der Waals surface area contributed by atoms with Gasteiger partial charge in [-0.3, -0.25) is 9.36 Å². The summed E-state index contributed by atoms with van der Waals surface area (Å²) in [7, 11) is 1.58. The number of carbonyl (C=O) groups excluding carboxylic acids is 1. The number of nitrogens with zero attached hydrogens (tertiary/aromatic N) is 2. The molecule has 1 N–H and O–H groups in total. The number of aliphatic hydroxyl groups is 1. The minimum Gasteiger partial charge on any atom is -0.497 e. The number of methoxy groups -OCH3 is 1. The number of rotatable bonds is 8. The van der Waals surface area contributed by atoms with Crippen LogP contribution in [-0.4, -0.2) is 47.1 Å². The highest BCUT2D eigenvalue weighted by Gasteiger charge is 2.21. The lowest BCUT2D eigenvalue weighted by Crippen LogP contribution is -2.30. The third kappa shape index (κ3) is 4.57. The Balaban J connectivity index is 1.73. The van der Waals surface area contributed by atoms with Crippen LogP contribution in [0.3, 0.4) is 0 Å². The SMILES string of the molecule is CCOC(=O)c1sc2ncn(CC(O)COc3ccc(OC)cc3)c(=O)c2c1C. The van der Waals surface area contributed by atoms with Crippen molar-refractivity contribution in [1.82, 2.24) is 9.55 Å².